The summed E-state index contributed by atoms with van der Waals surface area (Å²) >= 11 is 0. The maximum atomic E-state index is 3.44. The van der Waals surface area contributed by atoms with Gasteiger partial charge in [0.2, 0.25) is 0 Å². The Labute approximate surface area is 284 Å². The molecule has 0 saturated carbocycles. The molecular weight excluding hydrogens is 619 g/mol. The van der Waals surface area contributed by atoms with Crippen LogP contribution < -0.4 is 24.8 Å². The summed E-state index contributed by atoms with van der Waals surface area (Å²) in [4.78, 5) is 0. The number of hydrogen-bond acceptors (Lipinski definition) is 0. The van der Waals surface area contributed by atoms with E-state index in [9.17, 15) is 0 Å². The van der Waals surface area contributed by atoms with Crippen LogP contribution in [-0.2, 0) is 47.9 Å². The number of halogens is 2. The van der Waals surface area contributed by atoms with Crippen molar-refractivity contribution in [1.29, 1.82) is 0 Å². The number of allylic oxidation sites excluding steroid dienone is 8. The van der Waals surface area contributed by atoms with Crippen LogP contribution in [0.3, 0.4) is 0 Å². The predicted molar refractivity (Wildman–Crippen MR) is 168 cm³/mol. The van der Waals surface area contributed by atoms with Crippen molar-refractivity contribution in [1.82, 2.24) is 0 Å². The van der Waals surface area contributed by atoms with Crippen molar-refractivity contribution in [2.75, 3.05) is 0 Å². The van der Waals surface area contributed by atoms with Crippen molar-refractivity contribution in [2.45, 2.75) is 118 Å². The number of hydrogen-bond donors (Lipinski definition) is 0. The zero-order valence-electron chi connectivity index (χ0n) is 27.4. The van der Waals surface area contributed by atoms with Gasteiger partial charge in [-0.15, -0.1) is 47.5 Å². The molecule has 0 amide bonds. The molecule has 220 valence electrons. The van der Waals surface area contributed by atoms with E-state index in [0.717, 1.165) is 12.8 Å². The summed E-state index contributed by atoms with van der Waals surface area (Å²) in [5.74, 6) is 0. The number of rotatable bonds is 2. The third-order valence-corrected chi connectivity index (χ3v) is 7.34. The van der Waals surface area contributed by atoms with Crippen LogP contribution >= 0.6 is 0 Å². The number of benzene rings is 2. The zero-order chi connectivity index (χ0) is 28.5. The van der Waals surface area contributed by atoms with Crippen LogP contribution in [0.4, 0.5) is 0 Å². The smallest absolute Gasteiger partial charge is 1.00 e. The van der Waals surface area contributed by atoms with Crippen LogP contribution in [-0.4, -0.2) is 0 Å². The first-order valence-corrected chi connectivity index (χ1v) is 14.2. The third-order valence-electron chi connectivity index (χ3n) is 7.34. The minimum atomic E-state index is 0. The molecule has 4 rings (SSSR count). The van der Waals surface area contributed by atoms with Gasteiger partial charge in [-0.2, -0.15) is 35.5 Å². The topological polar surface area (TPSA) is 0 Å². The molecule has 0 N–H and O–H groups in total. The van der Waals surface area contributed by atoms with Gasteiger partial charge in [0.25, 0.3) is 0 Å². The van der Waals surface area contributed by atoms with Crippen molar-refractivity contribution in [3.05, 3.63) is 106 Å². The molecule has 0 unspecified atom stereocenters. The molecule has 0 heterocycles. The normalized spacial score (nSPS) is 14.6. The van der Waals surface area contributed by atoms with E-state index in [0.29, 0.717) is 0 Å². The van der Waals surface area contributed by atoms with E-state index in [2.05, 4.69) is 156 Å². The molecular formula is C38H50Cl2Zr. The molecule has 0 saturated heterocycles. The van der Waals surface area contributed by atoms with Crippen LogP contribution in [0.15, 0.2) is 60.7 Å². The molecule has 2 aromatic rings. The Kier molecular flexibility index (Phi) is 14.6. The Balaban J connectivity index is 0.000000727. The molecule has 0 fully saturated rings. The van der Waals surface area contributed by atoms with E-state index >= 15 is 0 Å². The molecule has 0 radical (unpaired) electrons. The summed E-state index contributed by atoms with van der Waals surface area (Å²) in [5, 5.41) is 0. The van der Waals surface area contributed by atoms with Gasteiger partial charge in [-0.3, -0.25) is 0 Å². The molecule has 0 aromatic heterocycles. The van der Waals surface area contributed by atoms with Gasteiger partial charge in [0.05, 0.1) is 0 Å². The molecule has 2 aliphatic carbocycles. The molecule has 2 aromatic carbocycles. The maximum Gasteiger partial charge on any atom is 4.00 e. The van der Waals surface area contributed by atoms with Gasteiger partial charge in [-0.25, -0.2) is 0 Å². The van der Waals surface area contributed by atoms with Crippen molar-refractivity contribution < 1.29 is 51.0 Å². The first kappa shape index (κ1) is 39.9. The van der Waals surface area contributed by atoms with Crippen molar-refractivity contribution in [2.24, 2.45) is 0 Å². The maximum absolute atomic E-state index is 3.44. The van der Waals surface area contributed by atoms with Gasteiger partial charge >= 0.3 is 26.2 Å². The van der Waals surface area contributed by atoms with E-state index < -0.39 is 0 Å². The van der Waals surface area contributed by atoms with Crippen molar-refractivity contribution in [3.63, 3.8) is 0 Å². The Morgan fingerprint density at radius 1 is 0.439 bits per heavy atom. The minimum Gasteiger partial charge on any atom is -1.00 e. The average Bonchev–Trinajstić information content (AvgIpc) is 3.51. The molecule has 2 aliphatic rings. The van der Waals surface area contributed by atoms with Crippen LogP contribution in [0.1, 0.15) is 129 Å². The van der Waals surface area contributed by atoms with E-state index in [1.54, 1.807) is 0 Å². The van der Waals surface area contributed by atoms with Gasteiger partial charge < -0.3 is 24.8 Å². The van der Waals surface area contributed by atoms with Gasteiger partial charge in [-0.1, -0.05) is 130 Å². The van der Waals surface area contributed by atoms with Crippen LogP contribution in [0.2, 0.25) is 0 Å². The van der Waals surface area contributed by atoms with Crippen LogP contribution in [0.5, 0.6) is 0 Å². The quantitative estimate of drug-likeness (QED) is 0.402. The molecule has 0 atom stereocenters. The molecule has 0 nitrogen and oxygen atoms in total. The summed E-state index contributed by atoms with van der Waals surface area (Å²) < 4.78 is 0. The van der Waals surface area contributed by atoms with E-state index in [1.807, 2.05) is 0 Å². The Hall–Kier alpha value is -1.14. The van der Waals surface area contributed by atoms with Gasteiger partial charge in [0, 0.05) is 0 Å². The SMILES string of the molecule is CC(C)(C)c1cc(C2=[C-]CC=C2)cc(C(C)(C)C)c1.CC(C)(C)c1cc(C2=[C-]CC=C2)cc(C(C)(C)C)c1.[Cl-].[Cl-].[Zr+4]. The fourth-order valence-corrected chi connectivity index (χ4v) is 4.50. The Morgan fingerprint density at radius 2 is 0.683 bits per heavy atom. The minimum absolute atomic E-state index is 0. The van der Waals surface area contributed by atoms with Gasteiger partial charge in [0.1, 0.15) is 0 Å². The second kappa shape index (κ2) is 15.0. The van der Waals surface area contributed by atoms with Gasteiger partial charge in [-0.05, 0) is 21.7 Å². The second-order valence-corrected chi connectivity index (χ2v) is 15.0. The van der Waals surface area contributed by atoms with Crippen molar-refractivity contribution in [3.8, 4) is 0 Å². The van der Waals surface area contributed by atoms with Crippen molar-refractivity contribution >= 4 is 11.1 Å². The zero-order valence-corrected chi connectivity index (χ0v) is 31.4. The predicted octanol–water partition coefficient (Wildman–Crippen LogP) is 4.86. The second-order valence-electron chi connectivity index (χ2n) is 15.0. The first-order chi connectivity index (χ1) is 17.4. The Bertz CT molecular complexity index is 1110. The summed E-state index contributed by atoms with van der Waals surface area (Å²) in [5.41, 5.74) is 11.5. The molecule has 41 heavy (non-hydrogen) atoms. The summed E-state index contributed by atoms with van der Waals surface area (Å²) in [6.07, 6.45) is 17.5. The van der Waals surface area contributed by atoms with Crippen LogP contribution in [0, 0.1) is 12.2 Å². The molecule has 0 bridgehead atoms. The molecule has 0 aliphatic heterocycles. The van der Waals surface area contributed by atoms with Crippen LogP contribution in [0.25, 0.3) is 11.1 Å². The fourth-order valence-electron chi connectivity index (χ4n) is 4.50. The standard InChI is InChI=1S/2C19H25.2ClH.Zr/c2*1-18(2,3)16-11-15(14-9-7-8-10-14)12-17(13-16)19(4,5)6;;;/h2*7,9,11-13H,8H2,1-6H3;2*1H;/q2*-1;;;+4/p-2. The Morgan fingerprint density at radius 3 is 0.854 bits per heavy atom. The first-order valence-electron chi connectivity index (χ1n) is 14.2. The molecule has 0 spiro atoms. The average molecular weight is 669 g/mol. The van der Waals surface area contributed by atoms with E-state index in [4.69, 9.17) is 0 Å². The molecule has 3 heteroatoms. The summed E-state index contributed by atoms with van der Waals surface area (Å²) in [6, 6.07) is 14.0. The van der Waals surface area contributed by atoms with Gasteiger partial charge in [0.15, 0.2) is 0 Å². The third kappa shape index (κ3) is 11.1. The largest absolute Gasteiger partial charge is 4.00 e. The van der Waals surface area contributed by atoms with E-state index in [-0.39, 0.29) is 72.7 Å². The van der Waals surface area contributed by atoms with E-state index in [1.165, 1.54) is 44.5 Å². The monoisotopic (exact) mass is 666 g/mol. The summed E-state index contributed by atoms with van der Waals surface area (Å²) in [6.45, 7) is 27.3. The summed E-state index contributed by atoms with van der Waals surface area (Å²) in [7, 11) is 0. The fraction of sp³-hybridized carbons (Fsp3) is 0.474.